The van der Waals surface area contributed by atoms with E-state index in [1.54, 1.807) is 12.1 Å². The number of aryl methyl sites for hydroxylation is 2. The van der Waals surface area contributed by atoms with Gasteiger partial charge in [-0.15, -0.1) is 0 Å². The fraction of sp³-hybridized carbons (Fsp3) is 0.355. The van der Waals surface area contributed by atoms with E-state index in [-0.39, 0.29) is 5.41 Å². The number of nitrogens with zero attached hydrogens (tertiary/aromatic N) is 5. The van der Waals surface area contributed by atoms with Gasteiger partial charge < -0.3 is 9.42 Å². The summed E-state index contributed by atoms with van der Waals surface area (Å²) in [7, 11) is 0. The molecular formula is C31H29N5O. The molecule has 0 N–H and O–H groups in total. The summed E-state index contributed by atoms with van der Waals surface area (Å²) in [6.07, 6.45) is 10.1. The summed E-state index contributed by atoms with van der Waals surface area (Å²) in [6.45, 7) is 6.26. The van der Waals surface area contributed by atoms with Gasteiger partial charge in [0.2, 0.25) is 0 Å². The summed E-state index contributed by atoms with van der Waals surface area (Å²) in [6, 6.07) is 14.1. The molecule has 2 aliphatic carbocycles. The minimum absolute atomic E-state index is 0.244. The third-order valence-corrected chi connectivity index (χ3v) is 8.47. The average molecular weight is 488 g/mol. The van der Waals surface area contributed by atoms with Crippen molar-refractivity contribution < 1.29 is 4.52 Å². The lowest BCUT2D eigenvalue weighted by atomic mass is 9.63. The molecular weight excluding hydrogens is 458 g/mol. The maximum atomic E-state index is 9.14. The molecule has 2 aromatic heterocycles. The highest BCUT2D eigenvalue weighted by molar-refractivity contribution is 5.86. The topological polar surface area (TPSA) is 78.8 Å². The monoisotopic (exact) mass is 487 g/mol. The number of nitriles is 1. The van der Waals surface area contributed by atoms with Gasteiger partial charge in [-0.25, -0.2) is 4.98 Å². The van der Waals surface area contributed by atoms with Crippen LogP contribution in [0.1, 0.15) is 66.0 Å². The van der Waals surface area contributed by atoms with E-state index in [0.717, 1.165) is 60.7 Å². The lowest BCUT2D eigenvalue weighted by Gasteiger charge is -2.46. The third kappa shape index (κ3) is 3.72. The van der Waals surface area contributed by atoms with E-state index in [0.29, 0.717) is 11.5 Å². The van der Waals surface area contributed by atoms with Crippen LogP contribution in [0.4, 0.5) is 5.82 Å². The van der Waals surface area contributed by atoms with Crippen molar-refractivity contribution in [2.75, 3.05) is 18.0 Å². The van der Waals surface area contributed by atoms with Crippen molar-refractivity contribution in [3.63, 3.8) is 0 Å². The Kier molecular flexibility index (Phi) is 4.97. The molecule has 1 saturated heterocycles. The Balaban J connectivity index is 1.14. The van der Waals surface area contributed by atoms with Crippen LogP contribution >= 0.6 is 0 Å². The lowest BCUT2D eigenvalue weighted by Crippen LogP contribution is -2.42. The normalized spacial score (nSPS) is 18.5. The van der Waals surface area contributed by atoms with Crippen LogP contribution in [0.3, 0.4) is 0 Å². The van der Waals surface area contributed by atoms with Crippen LogP contribution in [0.5, 0.6) is 0 Å². The number of aromatic nitrogens is 3. The molecule has 0 radical (unpaired) electrons. The average Bonchev–Trinajstić information content (AvgIpc) is 3.66. The highest BCUT2D eigenvalue weighted by Crippen LogP contribution is 2.56. The summed E-state index contributed by atoms with van der Waals surface area (Å²) in [4.78, 5) is 11.8. The second-order valence-corrected chi connectivity index (χ2v) is 11.1. The van der Waals surface area contributed by atoms with Gasteiger partial charge >= 0.3 is 0 Å². The molecule has 0 atom stereocenters. The Labute approximate surface area is 216 Å². The number of hydrogen-bond acceptors (Lipinski definition) is 6. The van der Waals surface area contributed by atoms with Gasteiger partial charge in [0.25, 0.3) is 0 Å². The van der Waals surface area contributed by atoms with E-state index in [2.05, 4.69) is 59.2 Å². The molecule has 7 rings (SSSR count). The molecule has 1 spiro atoms. The number of fused-ring (bicyclic) bond motifs is 1. The van der Waals surface area contributed by atoms with Gasteiger partial charge in [-0.05, 0) is 86.3 Å². The van der Waals surface area contributed by atoms with Crippen LogP contribution < -0.4 is 4.90 Å². The molecule has 37 heavy (non-hydrogen) atoms. The van der Waals surface area contributed by atoms with Crippen molar-refractivity contribution in [2.45, 2.75) is 51.9 Å². The molecule has 184 valence electrons. The van der Waals surface area contributed by atoms with Crippen LogP contribution in [-0.2, 0) is 0 Å². The Morgan fingerprint density at radius 1 is 1.03 bits per heavy atom. The first-order chi connectivity index (χ1) is 18.0. The maximum Gasteiger partial charge on any atom is 0.147 e. The van der Waals surface area contributed by atoms with E-state index in [4.69, 9.17) is 14.8 Å². The molecule has 6 nitrogen and oxygen atoms in total. The van der Waals surface area contributed by atoms with Crippen LogP contribution in [0.25, 0.3) is 27.9 Å². The maximum absolute atomic E-state index is 9.14. The predicted molar refractivity (Wildman–Crippen MR) is 144 cm³/mol. The summed E-state index contributed by atoms with van der Waals surface area (Å²) in [5, 5.41) is 13.8. The summed E-state index contributed by atoms with van der Waals surface area (Å²) in [5.41, 5.74) is 9.89. The second kappa shape index (κ2) is 8.27. The van der Waals surface area contributed by atoms with Crippen molar-refractivity contribution in [1.29, 1.82) is 5.26 Å². The van der Waals surface area contributed by atoms with Gasteiger partial charge in [0.15, 0.2) is 0 Å². The third-order valence-electron chi connectivity index (χ3n) is 8.47. The SMILES string of the molecule is Cc1cccc(C)c1-c1noc(C2CC2)c1C1=CC2(CCN(c3cnc4cc(C#N)ccc4n3)CC2)C1. The minimum Gasteiger partial charge on any atom is -0.360 e. The fourth-order valence-electron chi connectivity index (χ4n) is 6.20. The van der Waals surface area contributed by atoms with Crippen LogP contribution in [0.15, 0.2) is 53.2 Å². The molecule has 2 aromatic carbocycles. The first kappa shape index (κ1) is 22.2. The Morgan fingerprint density at radius 2 is 1.78 bits per heavy atom. The predicted octanol–water partition coefficient (Wildman–Crippen LogP) is 6.72. The van der Waals surface area contributed by atoms with Gasteiger partial charge in [-0.3, -0.25) is 4.98 Å². The smallest absolute Gasteiger partial charge is 0.147 e. The zero-order chi connectivity index (χ0) is 25.1. The largest absolute Gasteiger partial charge is 0.360 e. The van der Waals surface area contributed by atoms with Crippen LogP contribution in [0.2, 0.25) is 0 Å². The number of rotatable bonds is 4. The Bertz CT molecular complexity index is 1590. The zero-order valence-electron chi connectivity index (χ0n) is 21.3. The van der Waals surface area contributed by atoms with E-state index < -0.39 is 0 Å². The summed E-state index contributed by atoms with van der Waals surface area (Å²) in [5.74, 6) is 2.54. The van der Waals surface area contributed by atoms with E-state index in [1.807, 2.05) is 12.3 Å². The van der Waals surface area contributed by atoms with Crippen LogP contribution in [-0.4, -0.2) is 28.2 Å². The molecule has 0 unspecified atom stereocenters. The van der Waals surface area contributed by atoms with Crippen molar-refractivity contribution in [2.24, 2.45) is 5.41 Å². The molecule has 3 aliphatic rings. The number of anilines is 1. The first-order valence-corrected chi connectivity index (χ1v) is 13.2. The number of allylic oxidation sites excluding steroid dienone is 2. The molecule has 6 heteroatoms. The van der Waals surface area contributed by atoms with Crippen molar-refractivity contribution in [3.05, 3.63) is 76.7 Å². The zero-order valence-corrected chi connectivity index (χ0v) is 21.3. The Morgan fingerprint density at radius 3 is 2.49 bits per heavy atom. The molecule has 1 saturated carbocycles. The standard InChI is InChI=1S/C31H29N5O/c1-19-4-3-5-20(2)27(19)29-28(30(37-35-29)22-7-8-22)23-15-31(16-23)10-12-36(13-11-31)26-18-33-25-14-21(17-32)6-9-24(25)34-26/h3-6,9,14-15,18,22H,7-8,10-13,16H2,1-2H3. The summed E-state index contributed by atoms with van der Waals surface area (Å²) >= 11 is 0. The van der Waals surface area contributed by atoms with Gasteiger partial charge in [-0.2, -0.15) is 5.26 Å². The quantitative estimate of drug-likeness (QED) is 0.318. The van der Waals surface area contributed by atoms with E-state index in [1.165, 1.54) is 40.7 Å². The van der Waals surface area contributed by atoms with Crippen molar-refractivity contribution in [1.82, 2.24) is 15.1 Å². The molecule has 2 fully saturated rings. The lowest BCUT2D eigenvalue weighted by molar-refractivity contribution is 0.277. The minimum atomic E-state index is 0.244. The molecule has 0 bridgehead atoms. The highest BCUT2D eigenvalue weighted by atomic mass is 16.5. The fourth-order valence-corrected chi connectivity index (χ4v) is 6.20. The van der Waals surface area contributed by atoms with Crippen molar-refractivity contribution >= 4 is 22.4 Å². The number of benzene rings is 2. The molecule has 0 amide bonds. The van der Waals surface area contributed by atoms with Gasteiger partial charge in [0, 0.05) is 30.1 Å². The molecule has 3 heterocycles. The number of piperidine rings is 1. The highest BCUT2D eigenvalue weighted by Gasteiger charge is 2.44. The van der Waals surface area contributed by atoms with Gasteiger partial charge in [0.05, 0.1) is 28.9 Å². The second-order valence-electron chi connectivity index (χ2n) is 11.1. The van der Waals surface area contributed by atoms with Gasteiger partial charge in [-0.1, -0.05) is 29.4 Å². The van der Waals surface area contributed by atoms with E-state index >= 15 is 0 Å². The first-order valence-electron chi connectivity index (χ1n) is 13.2. The Hall–Kier alpha value is -3.98. The van der Waals surface area contributed by atoms with Crippen molar-refractivity contribution in [3.8, 4) is 17.3 Å². The van der Waals surface area contributed by atoms with Gasteiger partial charge in [0.1, 0.15) is 17.3 Å². The summed E-state index contributed by atoms with van der Waals surface area (Å²) < 4.78 is 6.01. The molecule has 1 aliphatic heterocycles. The van der Waals surface area contributed by atoms with Crippen LogP contribution in [0, 0.1) is 30.6 Å². The van der Waals surface area contributed by atoms with E-state index in [9.17, 15) is 0 Å². The number of hydrogen-bond donors (Lipinski definition) is 0. The molecule has 4 aromatic rings.